The predicted molar refractivity (Wildman–Crippen MR) is 62.2 cm³/mol. The van der Waals surface area contributed by atoms with Gasteiger partial charge in [0.2, 0.25) is 5.88 Å². The molecule has 0 fully saturated rings. The Kier molecular flexibility index (Phi) is 2.89. The summed E-state index contributed by atoms with van der Waals surface area (Å²) in [7, 11) is -2.17. The molecule has 0 amide bonds. The van der Waals surface area contributed by atoms with Crippen molar-refractivity contribution >= 4 is 10.1 Å². The number of aromatic nitrogens is 2. The van der Waals surface area contributed by atoms with Crippen molar-refractivity contribution in [3.8, 4) is 5.88 Å². The third-order valence-corrected chi connectivity index (χ3v) is 3.52. The highest BCUT2D eigenvalue weighted by molar-refractivity contribution is 7.87. The van der Waals surface area contributed by atoms with Crippen LogP contribution in [-0.4, -0.2) is 18.2 Å². The van der Waals surface area contributed by atoms with E-state index in [1.54, 1.807) is 19.2 Å². The SMILES string of the molecule is Cc1ccc(S(=O)(=O)Oc2ccnn2C)cc1. The van der Waals surface area contributed by atoms with Gasteiger partial charge in [0, 0.05) is 13.1 Å². The van der Waals surface area contributed by atoms with Crippen molar-refractivity contribution in [1.82, 2.24) is 9.78 Å². The van der Waals surface area contributed by atoms with Crippen LogP contribution in [0.2, 0.25) is 0 Å². The summed E-state index contributed by atoms with van der Waals surface area (Å²) < 4.78 is 30.1. The van der Waals surface area contributed by atoms with Crippen LogP contribution in [0, 0.1) is 6.92 Å². The molecule has 0 saturated heterocycles. The second kappa shape index (κ2) is 4.21. The number of nitrogens with zero attached hydrogens (tertiary/aromatic N) is 2. The van der Waals surface area contributed by atoms with E-state index in [9.17, 15) is 8.42 Å². The number of benzene rings is 1. The summed E-state index contributed by atoms with van der Waals surface area (Å²) in [5.41, 5.74) is 0.990. The molecule has 0 unspecified atom stereocenters. The highest BCUT2D eigenvalue weighted by atomic mass is 32.2. The first kappa shape index (κ1) is 11.7. The summed E-state index contributed by atoms with van der Waals surface area (Å²) in [6.07, 6.45) is 1.47. The molecule has 0 radical (unpaired) electrons. The predicted octanol–water partition coefficient (Wildman–Crippen LogP) is 1.50. The maximum Gasteiger partial charge on any atom is 0.340 e. The zero-order valence-electron chi connectivity index (χ0n) is 9.49. The number of rotatable bonds is 3. The molecule has 0 N–H and O–H groups in total. The number of hydrogen-bond acceptors (Lipinski definition) is 4. The molecule has 0 spiro atoms. The van der Waals surface area contributed by atoms with Crippen LogP contribution in [0.5, 0.6) is 5.88 Å². The van der Waals surface area contributed by atoms with Crippen molar-refractivity contribution in [1.29, 1.82) is 0 Å². The van der Waals surface area contributed by atoms with Gasteiger partial charge in [-0.1, -0.05) is 17.7 Å². The second-order valence-corrected chi connectivity index (χ2v) is 5.19. The monoisotopic (exact) mass is 252 g/mol. The van der Waals surface area contributed by atoms with Crippen LogP contribution in [0.15, 0.2) is 41.4 Å². The Labute approximate surface area is 99.8 Å². The fourth-order valence-corrected chi connectivity index (χ4v) is 2.26. The van der Waals surface area contributed by atoms with Crippen LogP contribution in [0.25, 0.3) is 0 Å². The quantitative estimate of drug-likeness (QED) is 0.777. The molecule has 6 heteroatoms. The van der Waals surface area contributed by atoms with E-state index in [2.05, 4.69) is 5.10 Å². The summed E-state index contributed by atoms with van der Waals surface area (Å²) in [5.74, 6) is 0.186. The van der Waals surface area contributed by atoms with Gasteiger partial charge in [-0.05, 0) is 19.1 Å². The minimum absolute atomic E-state index is 0.129. The van der Waals surface area contributed by atoms with Crippen molar-refractivity contribution in [3.05, 3.63) is 42.1 Å². The van der Waals surface area contributed by atoms with Gasteiger partial charge < -0.3 is 4.18 Å². The fraction of sp³-hybridized carbons (Fsp3) is 0.182. The molecule has 1 heterocycles. The van der Waals surface area contributed by atoms with Gasteiger partial charge in [-0.25, -0.2) is 4.68 Å². The van der Waals surface area contributed by atoms with E-state index in [1.807, 2.05) is 6.92 Å². The lowest BCUT2D eigenvalue weighted by atomic mass is 10.2. The van der Waals surface area contributed by atoms with Gasteiger partial charge in [0.05, 0.1) is 6.20 Å². The van der Waals surface area contributed by atoms with E-state index in [0.29, 0.717) is 0 Å². The Morgan fingerprint density at radius 1 is 1.18 bits per heavy atom. The fourth-order valence-electron chi connectivity index (χ4n) is 1.31. The lowest BCUT2D eigenvalue weighted by molar-refractivity contribution is 0.455. The Bertz CT molecular complexity index is 614. The highest BCUT2D eigenvalue weighted by Gasteiger charge is 2.17. The zero-order valence-corrected chi connectivity index (χ0v) is 10.3. The maximum atomic E-state index is 11.9. The summed E-state index contributed by atoms with van der Waals surface area (Å²) in [4.78, 5) is 0.129. The topological polar surface area (TPSA) is 61.2 Å². The lowest BCUT2D eigenvalue weighted by Gasteiger charge is -2.06. The molecule has 0 saturated carbocycles. The largest absolute Gasteiger partial charge is 0.358 e. The Hall–Kier alpha value is -1.82. The Morgan fingerprint density at radius 3 is 2.35 bits per heavy atom. The molecule has 0 aliphatic carbocycles. The lowest BCUT2D eigenvalue weighted by Crippen LogP contribution is -2.12. The van der Waals surface area contributed by atoms with Crippen molar-refractivity contribution in [2.75, 3.05) is 0 Å². The van der Waals surface area contributed by atoms with Gasteiger partial charge in [0.1, 0.15) is 4.90 Å². The Balaban J connectivity index is 2.31. The zero-order chi connectivity index (χ0) is 12.5. The molecule has 1 aromatic heterocycles. The summed E-state index contributed by atoms with van der Waals surface area (Å²) in [6, 6.07) is 7.97. The molecule has 90 valence electrons. The summed E-state index contributed by atoms with van der Waals surface area (Å²) >= 11 is 0. The number of hydrogen-bond donors (Lipinski definition) is 0. The second-order valence-electron chi connectivity index (χ2n) is 3.64. The molecule has 17 heavy (non-hydrogen) atoms. The van der Waals surface area contributed by atoms with Crippen LogP contribution in [-0.2, 0) is 17.2 Å². The van der Waals surface area contributed by atoms with Crippen LogP contribution < -0.4 is 4.18 Å². The standard InChI is InChI=1S/C11H12N2O3S/c1-9-3-5-10(6-4-9)17(14,15)16-11-7-8-12-13(11)2/h3-8H,1-2H3. The Morgan fingerprint density at radius 2 is 1.82 bits per heavy atom. The number of aryl methyl sites for hydroxylation is 2. The van der Waals surface area contributed by atoms with Gasteiger partial charge in [-0.2, -0.15) is 13.5 Å². The third-order valence-electron chi connectivity index (χ3n) is 2.28. The molecule has 0 atom stereocenters. The highest BCUT2D eigenvalue weighted by Crippen LogP contribution is 2.17. The van der Waals surface area contributed by atoms with Gasteiger partial charge >= 0.3 is 10.1 Å². The first-order valence-electron chi connectivity index (χ1n) is 4.98. The van der Waals surface area contributed by atoms with Gasteiger partial charge in [-0.15, -0.1) is 0 Å². The van der Waals surface area contributed by atoms with Crippen molar-refractivity contribution in [3.63, 3.8) is 0 Å². The molecule has 2 rings (SSSR count). The summed E-state index contributed by atoms with van der Waals surface area (Å²) in [6.45, 7) is 1.89. The van der Waals surface area contributed by atoms with Crippen molar-refractivity contribution in [2.45, 2.75) is 11.8 Å². The molecule has 0 bridgehead atoms. The average molecular weight is 252 g/mol. The molecule has 2 aromatic rings. The van der Waals surface area contributed by atoms with E-state index >= 15 is 0 Å². The molecular weight excluding hydrogens is 240 g/mol. The first-order valence-corrected chi connectivity index (χ1v) is 6.39. The van der Waals surface area contributed by atoms with Crippen LogP contribution in [0.1, 0.15) is 5.56 Å². The van der Waals surface area contributed by atoms with Crippen molar-refractivity contribution < 1.29 is 12.6 Å². The van der Waals surface area contributed by atoms with Crippen LogP contribution >= 0.6 is 0 Å². The minimum atomic E-state index is -3.78. The van der Waals surface area contributed by atoms with Gasteiger partial charge in [-0.3, -0.25) is 0 Å². The maximum absolute atomic E-state index is 11.9. The van der Waals surface area contributed by atoms with E-state index < -0.39 is 10.1 Å². The van der Waals surface area contributed by atoms with Gasteiger partial charge in [0.25, 0.3) is 0 Å². The van der Waals surface area contributed by atoms with E-state index in [4.69, 9.17) is 4.18 Å². The normalized spacial score (nSPS) is 11.4. The van der Waals surface area contributed by atoms with E-state index in [1.165, 1.54) is 29.1 Å². The third kappa shape index (κ3) is 2.47. The van der Waals surface area contributed by atoms with Crippen LogP contribution in [0.3, 0.4) is 0 Å². The minimum Gasteiger partial charge on any atom is -0.358 e. The molecule has 0 aliphatic heterocycles. The first-order chi connectivity index (χ1) is 7.99. The summed E-state index contributed by atoms with van der Waals surface area (Å²) in [5, 5.41) is 3.84. The van der Waals surface area contributed by atoms with E-state index in [0.717, 1.165) is 5.56 Å². The van der Waals surface area contributed by atoms with Gasteiger partial charge in [0.15, 0.2) is 0 Å². The van der Waals surface area contributed by atoms with E-state index in [-0.39, 0.29) is 10.8 Å². The molecule has 5 nitrogen and oxygen atoms in total. The smallest absolute Gasteiger partial charge is 0.340 e. The molecule has 0 aliphatic rings. The molecular formula is C11H12N2O3S. The molecule has 1 aromatic carbocycles. The average Bonchev–Trinajstić information content (AvgIpc) is 2.64. The van der Waals surface area contributed by atoms with Crippen molar-refractivity contribution in [2.24, 2.45) is 7.05 Å². The van der Waals surface area contributed by atoms with Crippen LogP contribution in [0.4, 0.5) is 0 Å².